The smallest absolute Gasteiger partial charge is 0.184 e. The topological polar surface area (TPSA) is 95.6 Å². The van der Waals surface area contributed by atoms with Crippen LogP contribution in [0.1, 0.15) is 16.3 Å². The fraction of sp³-hybridized carbons (Fsp3) is 0.0714. The minimum absolute atomic E-state index is 0.0693. The Morgan fingerprint density at radius 2 is 2.17 bits per heavy atom. The van der Waals surface area contributed by atoms with Gasteiger partial charge in [0.15, 0.2) is 10.2 Å². The highest BCUT2D eigenvalue weighted by Crippen LogP contribution is 2.33. The van der Waals surface area contributed by atoms with Gasteiger partial charge in [-0.1, -0.05) is 22.9 Å². The first-order chi connectivity index (χ1) is 11.1. The SMILES string of the molecule is Cc1nc(Cl)sc1C(O)=C(C#N)c1csc(-c2cnccn2)n1. The van der Waals surface area contributed by atoms with Crippen LogP contribution in [0.25, 0.3) is 22.0 Å². The summed E-state index contributed by atoms with van der Waals surface area (Å²) in [5.74, 6) is -0.176. The van der Waals surface area contributed by atoms with Gasteiger partial charge in [-0.3, -0.25) is 9.97 Å². The summed E-state index contributed by atoms with van der Waals surface area (Å²) in [7, 11) is 0. The van der Waals surface area contributed by atoms with Crippen LogP contribution in [0, 0.1) is 18.3 Å². The zero-order chi connectivity index (χ0) is 16.4. The molecule has 0 unspecified atom stereocenters. The maximum atomic E-state index is 10.4. The van der Waals surface area contributed by atoms with Gasteiger partial charge in [-0.15, -0.1) is 11.3 Å². The molecule has 0 radical (unpaired) electrons. The monoisotopic (exact) mass is 361 g/mol. The molecular weight excluding hydrogens is 354 g/mol. The van der Waals surface area contributed by atoms with E-state index in [2.05, 4.69) is 19.9 Å². The zero-order valence-corrected chi connectivity index (χ0v) is 14.1. The first-order valence-corrected chi connectivity index (χ1v) is 8.36. The summed E-state index contributed by atoms with van der Waals surface area (Å²) in [6.07, 6.45) is 4.73. The lowest BCUT2D eigenvalue weighted by molar-refractivity contribution is 0.515. The Kier molecular flexibility index (Phi) is 4.34. The van der Waals surface area contributed by atoms with Crippen molar-refractivity contribution >= 4 is 45.6 Å². The fourth-order valence-electron chi connectivity index (χ4n) is 1.84. The number of aliphatic hydroxyl groups excluding tert-OH is 1. The van der Waals surface area contributed by atoms with Crippen molar-refractivity contribution < 1.29 is 5.11 Å². The van der Waals surface area contributed by atoms with Gasteiger partial charge in [-0.05, 0) is 6.92 Å². The van der Waals surface area contributed by atoms with E-state index < -0.39 is 0 Å². The number of hydrogen-bond donors (Lipinski definition) is 1. The molecule has 3 rings (SSSR count). The predicted molar refractivity (Wildman–Crippen MR) is 90.1 cm³/mol. The third-order valence-electron chi connectivity index (χ3n) is 2.88. The van der Waals surface area contributed by atoms with Crippen molar-refractivity contribution in [3.8, 4) is 16.8 Å². The molecule has 1 N–H and O–H groups in total. The average Bonchev–Trinajstić information content (AvgIpc) is 3.15. The summed E-state index contributed by atoms with van der Waals surface area (Å²) in [4.78, 5) is 17.0. The number of thiazole rings is 2. The van der Waals surface area contributed by atoms with Crippen molar-refractivity contribution in [1.82, 2.24) is 19.9 Å². The molecule has 0 aromatic carbocycles. The van der Waals surface area contributed by atoms with Crippen LogP contribution < -0.4 is 0 Å². The number of nitrogens with zero attached hydrogens (tertiary/aromatic N) is 5. The van der Waals surface area contributed by atoms with E-state index in [4.69, 9.17) is 11.6 Å². The number of halogens is 1. The Morgan fingerprint density at radius 3 is 2.78 bits per heavy atom. The molecule has 9 heteroatoms. The Balaban J connectivity index is 2.06. The standard InChI is InChI=1S/C14H8ClN5OS2/c1-7-12(23-14(15)19-7)11(21)8(4-16)10-6-22-13(20-10)9-5-17-2-3-18-9/h2-3,5-6,21H,1H3. The molecule has 0 aliphatic heterocycles. The number of allylic oxidation sites excluding steroid dienone is 1. The highest BCUT2D eigenvalue weighted by molar-refractivity contribution is 7.16. The lowest BCUT2D eigenvalue weighted by Gasteiger charge is -2.00. The highest BCUT2D eigenvalue weighted by Gasteiger charge is 2.19. The Bertz CT molecular complexity index is 926. The first-order valence-electron chi connectivity index (χ1n) is 6.29. The molecular formula is C14H8ClN5OS2. The quantitative estimate of drug-likeness (QED) is 0.560. The molecule has 0 saturated heterocycles. The molecule has 3 heterocycles. The van der Waals surface area contributed by atoms with Crippen molar-refractivity contribution in [2.24, 2.45) is 0 Å². The van der Waals surface area contributed by atoms with Gasteiger partial charge in [0.1, 0.15) is 22.3 Å². The van der Waals surface area contributed by atoms with Gasteiger partial charge in [-0.2, -0.15) is 5.26 Å². The van der Waals surface area contributed by atoms with Crippen LogP contribution in [0.3, 0.4) is 0 Å². The van der Waals surface area contributed by atoms with E-state index >= 15 is 0 Å². The molecule has 0 amide bonds. The van der Waals surface area contributed by atoms with Gasteiger partial charge in [0.05, 0.1) is 22.5 Å². The van der Waals surface area contributed by atoms with Gasteiger partial charge >= 0.3 is 0 Å². The van der Waals surface area contributed by atoms with Crippen LogP contribution >= 0.6 is 34.3 Å². The van der Waals surface area contributed by atoms with Crippen molar-refractivity contribution in [2.45, 2.75) is 6.92 Å². The summed E-state index contributed by atoms with van der Waals surface area (Å²) in [5.41, 5.74) is 1.62. The van der Waals surface area contributed by atoms with Gasteiger partial charge in [0, 0.05) is 17.8 Å². The number of aliphatic hydroxyl groups is 1. The Hall–Kier alpha value is -2.34. The zero-order valence-electron chi connectivity index (χ0n) is 11.7. The predicted octanol–water partition coefficient (Wildman–Crippen LogP) is 3.97. The molecule has 0 aliphatic rings. The number of nitriles is 1. The Morgan fingerprint density at radius 1 is 1.35 bits per heavy atom. The molecule has 3 aromatic rings. The third-order valence-corrected chi connectivity index (χ3v) is 5.01. The minimum Gasteiger partial charge on any atom is -0.505 e. The number of aryl methyl sites for hydroxylation is 1. The summed E-state index contributed by atoms with van der Waals surface area (Å²) < 4.78 is 0.305. The molecule has 0 aliphatic carbocycles. The van der Waals surface area contributed by atoms with E-state index in [9.17, 15) is 10.4 Å². The summed E-state index contributed by atoms with van der Waals surface area (Å²) in [6.45, 7) is 1.72. The van der Waals surface area contributed by atoms with Crippen LogP contribution in [-0.2, 0) is 0 Å². The third kappa shape index (κ3) is 3.07. The molecule has 0 atom stereocenters. The molecule has 23 heavy (non-hydrogen) atoms. The average molecular weight is 362 g/mol. The van der Waals surface area contributed by atoms with Crippen LogP contribution in [0.15, 0.2) is 24.0 Å². The minimum atomic E-state index is -0.176. The van der Waals surface area contributed by atoms with E-state index in [0.717, 1.165) is 11.3 Å². The van der Waals surface area contributed by atoms with Gasteiger partial charge < -0.3 is 5.11 Å². The number of hydrogen-bond acceptors (Lipinski definition) is 8. The summed E-state index contributed by atoms with van der Waals surface area (Å²) in [6, 6.07) is 1.99. The van der Waals surface area contributed by atoms with E-state index in [0.29, 0.717) is 31.4 Å². The van der Waals surface area contributed by atoms with E-state index in [1.54, 1.807) is 30.9 Å². The lowest BCUT2D eigenvalue weighted by atomic mass is 10.1. The highest BCUT2D eigenvalue weighted by atomic mass is 35.5. The van der Waals surface area contributed by atoms with Gasteiger partial charge in [-0.25, -0.2) is 9.97 Å². The second-order valence-electron chi connectivity index (χ2n) is 4.35. The molecule has 0 bridgehead atoms. The first kappa shape index (κ1) is 15.6. The van der Waals surface area contributed by atoms with Crippen molar-refractivity contribution in [3.05, 3.63) is 44.7 Å². The lowest BCUT2D eigenvalue weighted by Crippen LogP contribution is -1.91. The largest absolute Gasteiger partial charge is 0.505 e. The molecule has 6 nitrogen and oxygen atoms in total. The molecule has 0 spiro atoms. The number of aromatic nitrogens is 4. The second kappa shape index (κ2) is 6.42. The fourth-order valence-corrected chi connectivity index (χ4v) is 3.72. The van der Waals surface area contributed by atoms with Gasteiger partial charge in [0.25, 0.3) is 0 Å². The maximum absolute atomic E-state index is 10.4. The van der Waals surface area contributed by atoms with Crippen LogP contribution in [0.2, 0.25) is 4.47 Å². The molecule has 0 saturated carbocycles. The molecule has 0 fully saturated rings. The normalized spacial score (nSPS) is 11.9. The Labute approximate surface area is 144 Å². The maximum Gasteiger partial charge on any atom is 0.184 e. The molecule has 3 aromatic heterocycles. The van der Waals surface area contributed by atoms with E-state index in [-0.39, 0.29) is 11.3 Å². The van der Waals surface area contributed by atoms with Crippen LogP contribution in [-0.4, -0.2) is 25.0 Å². The van der Waals surface area contributed by atoms with Crippen LogP contribution in [0.5, 0.6) is 0 Å². The van der Waals surface area contributed by atoms with E-state index in [1.165, 1.54) is 11.3 Å². The van der Waals surface area contributed by atoms with Gasteiger partial charge in [0.2, 0.25) is 0 Å². The second-order valence-corrected chi connectivity index (χ2v) is 6.78. The van der Waals surface area contributed by atoms with Crippen molar-refractivity contribution in [1.29, 1.82) is 5.26 Å². The van der Waals surface area contributed by atoms with E-state index in [1.807, 2.05) is 6.07 Å². The van der Waals surface area contributed by atoms with Crippen molar-refractivity contribution in [3.63, 3.8) is 0 Å². The van der Waals surface area contributed by atoms with Crippen LogP contribution in [0.4, 0.5) is 0 Å². The summed E-state index contributed by atoms with van der Waals surface area (Å²) >= 11 is 8.28. The summed E-state index contributed by atoms with van der Waals surface area (Å²) in [5, 5.41) is 22.1. The molecule has 114 valence electrons. The number of rotatable bonds is 3. The van der Waals surface area contributed by atoms with Crippen molar-refractivity contribution in [2.75, 3.05) is 0 Å².